The summed E-state index contributed by atoms with van der Waals surface area (Å²) in [5, 5.41) is 8.67. The van der Waals surface area contributed by atoms with Crippen LogP contribution in [-0.2, 0) is 0 Å². The number of hydrogen-bond donors (Lipinski definition) is 0. The van der Waals surface area contributed by atoms with Crippen LogP contribution in [0.25, 0.3) is 5.65 Å². The lowest BCUT2D eigenvalue weighted by Crippen LogP contribution is -1.85. The van der Waals surface area contributed by atoms with Crippen LogP contribution in [0.4, 0.5) is 0 Å². The van der Waals surface area contributed by atoms with Gasteiger partial charge >= 0.3 is 0 Å². The van der Waals surface area contributed by atoms with Crippen molar-refractivity contribution in [1.82, 2.24) is 9.38 Å². The van der Waals surface area contributed by atoms with E-state index in [1.165, 1.54) is 0 Å². The van der Waals surface area contributed by atoms with Gasteiger partial charge in [0, 0.05) is 10.7 Å². The molecule has 0 radical (unpaired) electrons. The summed E-state index contributed by atoms with van der Waals surface area (Å²) in [6.45, 7) is 0. The maximum absolute atomic E-state index is 8.67. The van der Waals surface area contributed by atoms with Gasteiger partial charge in [0.1, 0.15) is 17.4 Å². The lowest BCUT2D eigenvalue weighted by atomic mass is 10.4. The van der Waals surface area contributed by atoms with E-state index in [1.54, 1.807) is 10.6 Å². The first-order valence-electron chi connectivity index (χ1n) is 3.34. The first-order chi connectivity index (χ1) is 5.81. The molecule has 0 aliphatic heterocycles. The number of hydrogen-bond acceptors (Lipinski definition) is 2. The van der Waals surface area contributed by atoms with Crippen LogP contribution < -0.4 is 0 Å². The van der Waals surface area contributed by atoms with Crippen LogP contribution in [0.2, 0.25) is 0 Å². The number of pyridine rings is 1. The van der Waals surface area contributed by atoms with E-state index in [0.717, 1.165) is 10.1 Å². The maximum atomic E-state index is 8.67. The molecule has 12 heavy (non-hydrogen) atoms. The average Bonchev–Trinajstić information content (AvgIpc) is 2.46. The number of imidazole rings is 1. The summed E-state index contributed by atoms with van der Waals surface area (Å²) in [6, 6.07) is 5.79. The molecule has 3 nitrogen and oxygen atoms in total. The largest absolute Gasteiger partial charge is 0.291 e. The fourth-order valence-electron chi connectivity index (χ4n) is 1.04. The molecule has 2 rings (SSSR count). The Labute approximate surface area is 77.4 Å². The summed E-state index contributed by atoms with van der Waals surface area (Å²) < 4.78 is 2.70. The highest BCUT2D eigenvalue weighted by Gasteiger charge is 2.00. The third kappa shape index (κ3) is 0.990. The number of fused-ring (bicyclic) bond motifs is 1. The molecule has 0 aromatic carbocycles. The monoisotopic (exact) mass is 221 g/mol. The average molecular weight is 222 g/mol. The second-order valence-corrected chi connectivity index (χ2v) is 3.24. The Kier molecular flexibility index (Phi) is 1.59. The van der Waals surface area contributed by atoms with Crippen molar-refractivity contribution in [3.63, 3.8) is 0 Å². The molecule has 0 bridgehead atoms. The van der Waals surface area contributed by atoms with Crippen molar-refractivity contribution in [3.05, 3.63) is 34.7 Å². The molecule has 0 spiro atoms. The van der Waals surface area contributed by atoms with Crippen molar-refractivity contribution >= 4 is 21.6 Å². The van der Waals surface area contributed by atoms with Crippen LogP contribution in [0.5, 0.6) is 0 Å². The number of rotatable bonds is 0. The molecule has 4 heteroatoms. The first-order valence-corrected chi connectivity index (χ1v) is 4.13. The molecule has 2 heterocycles. The lowest BCUT2D eigenvalue weighted by molar-refractivity contribution is 1.15. The normalized spacial score (nSPS) is 10.0. The Morgan fingerprint density at radius 3 is 3.17 bits per heavy atom. The fourth-order valence-corrected chi connectivity index (χ4v) is 1.36. The van der Waals surface area contributed by atoms with Crippen molar-refractivity contribution in [1.29, 1.82) is 5.26 Å². The Morgan fingerprint density at radius 2 is 2.42 bits per heavy atom. The summed E-state index contributed by atoms with van der Waals surface area (Å²) in [6.07, 6.45) is 3.37. The maximum Gasteiger partial charge on any atom is 0.144 e. The summed E-state index contributed by atoms with van der Waals surface area (Å²) in [5.41, 5.74) is 1.33. The van der Waals surface area contributed by atoms with Crippen molar-refractivity contribution < 1.29 is 0 Å². The molecule has 0 amide bonds. The van der Waals surface area contributed by atoms with Gasteiger partial charge < -0.3 is 0 Å². The van der Waals surface area contributed by atoms with Gasteiger partial charge in [-0.3, -0.25) is 4.40 Å². The minimum atomic E-state index is 0.553. The number of nitriles is 1. The van der Waals surface area contributed by atoms with Gasteiger partial charge in [0.15, 0.2) is 0 Å². The van der Waals surface area contributed by atoms with E-state index >= 15 is 0 Å². The highest BCUT2D eigenvalue weighted by Crippen LogP contribution is 2.13. The highest BCUT2D eigenvalue weighted by atomic mass is 79.9. The summed E-state index contributed by atoms with van der Waals surface area (Å²) in [5.74, 6) is 0. The molecule has 0 atom stereocenters. The Morgan fingerprint density at radius 1 is 1.58 bits per heavy atom. The van der Waals surface area contributed by atoms with Gasteiger partial charge in [0.05, 0.1) is 6.20 Å². The molecular formula is C8H4BrN3. The van der Waals surface area contributed by atoms with E-state index in [0.29, 0.717) is 5.69 Å². The van der Waals surface area contributed by atoms with Crippen LogP contribution in [0.1, 0.15) is 5.69 Å². The Balaban J connectivity index is 2.84. The zero-order chi connectivity index (χ0) is 8.55. The van der Waals surface area contributed by atoms with Crippen LogP contribution in [0.3, 0.4) is 0 Å². The summed E-state index contributed by atoms with van der Waals surface area (Å²) >= 11 is 3.33. The molecule has 0 aliphatic carbocycles. The highest BCUT2D eigenvalue weighted by molar-refractivity contribution is 9.10. The topological polar surface area (TPSA) is 41.1 Å². The van der Waals surface area contributed by atoms with Crippen LogP contribution in [-0.4, -0.2) is 9.38 Å². The van der Waals surface area contributed by atoms with E-state index in [-0.39, 0.29) is 0 Å². The van der Waals surface area contributed by atoms with Gasteiger partial charge in [-0.1, -0.05) is 15.9 Å². The van der Waals surface area contributed by atoms with Crippen molar-refractivity contribution in [3.8, 4) is 6.07 Å². The van der Waals surface area contributed by atoms with E-state index < -0.39 is 0 Å². The lowest BCUT2D eigenvalue weighted by Gasteiger charge is -1.93. The minimum Gasteiger partial charge on any atom is -0.291 e. The first kappa shape index (κ1) is 7.32. The number of halogens is 1. The van der Waals surface area contributed by atoms with Gasteiger partial charge in [-0.2, -0.15) is 5.26 Å². The molecule has 0 unspecified atom stereocenters. The van der Waals surface area contributed by atoms with Gasteiger partial charge in [-0.25, -0.2) is 4.98 Å². The van der Waals surface area contributed by atoms with Crippen molar-refractivity contribution in [2.24, 2.45) is 0 Å². The molecule has 0 saturated carbocycles. The molecular weight excluding hydrogens is 218 g/mol. The zero-order valence-electron chi connectivity index (χ0n) is 6.03. The Hall–Kier alpha value is -1.34. The standard InChI is InChI=1S/C8H4BrN3/c9-6-1-2-12-7(4-10)5-11-8(12)3-6/h1-3,5H. The van der Waals surface area contributed by atoms with E-state index in [2.05, 4.69) is 27.0 Å². The predicted molar refractivity (Wildman–Crippen MR) is 47.6 cm³/mol. The molecule has 0 fully saturated rings. The fraction of sp³-hybridized carbons (Fsp3) is 0. The minimum absolute atomic E-state index is 0.553. The summed E-state index contributed by atoms with van der Waals surface area (Å²) in [4.78, 5) is 4.06. The van der Waals surface area contributed by atoms with Crippen molar-refractivity contribution in [2.75, 3.05) is 0 Å². The number of aromatic nitrogens is 2. The summed E-state index contributed by atoms with van der Waals surface area (Å²) in [7, 11) is 0. The van der Waals surface area contributed by atoms with Crippen LogP contribution >= 0.6 is 15.9 Å². The second-order valence-electron chi connectivity index (χ2n) is 2.33. The van der Waals surface area contributed by atoms with Gasteiger partial charge in [0.25, 0.3) is 0 Å². The number of nitrogens with zero attached hydrogens (tertiary/aromatic N) is 3. The predicted octanol–water partition coefficient (Wildman–Crippen LogP) is 1.97. The van der Waals surface area contributed by atoms with Gasteiger partial charge in [0.2, 0.25) is 0 Å². The molecule has 0 N–H and O–H groups in total. The zero-order valence-corrected chi connectivity index (χ0v) is 7.62. The molecule has 58 valence electrons. The third-order valence-electron chi connectivity index (χ3n) is 1.59. The van der Waals surface area contributed by atoms with Crippen molar-refractivity contribution in [2.45, 2.75) is 0 Å². The smallest absolute Gasteiger partial charge is 0.144 e. The van der Waals surface area contributed by atoms with E-state index in [1.807, 2.05) is 18.3 Å². The molecule has 0 aliphatic rings. The SMILES string of the molecule is N#Cc1cnc2cc(Br)ccn12. The second kappa shape index (κ2) is 2.61. The van der Waals surface area contributed by atoms with Crippen LogP contribution in [0, 0.1) is 11.3 Å². The van der Waals surface area contributed by atoms with E-state index in [9.17, 15) is 0 Å². The Bertz CT molecular complexity index is 467. The van der Waals surface area contributed by atoms with Gasteiger partial charge in [-0.05, 0) is 12.1 Å². The molecule has 0 saturated heterocycles. The molecule has 2 aromatic rings. The quantitative estimate of drug-likeness (QED) is 0.683. The third-order valence-corrected chi connectivity index (χ3v) is 2.08. The van der Waals surface area contributed by atoms with Gasteiger partial charge in [-0.15, -0.1) is 0 Å². The van der Waals surface area contributed by atoms with Crippen LogP contribution in [0.15, 0.2) is 29.0 Å². The van der Waals surface area contributed by atoms with E-state index in [4.69, 9.17) is 5.26 Å². The molecule has 2 aromatic heterocycles.